The number of piperazine rings is 1. The molecule has 120 valence electrons. The van der Waals surface area contributed by atoms with E-state index in [4.69, 9.17) is 0 Å². The zero-order valence-corrected chi connectivity index (χ0v) is 14.4. The molecule has 2 fully saturated rings. The summed E-state index contributed by atoms with van der Waals surface area (Å²) in [7, 11) is 0. The van der Waals surface area contributed by atoms with Crippen molar-refractivity contribution in [2.45, 2.75) is 37.6 Å². The Morgan fingerprint density at radius 3 is 2.91 bits per heavy atom. The number of rotatable bonds is 3. The van der Waals surface area contributed by atoms with E-state index in [1.54, 1.807) is 6.20 Å². The van der Waals surface area contributed by atoms with Gasteiger partial charge in [-0.2, -0.15) is 0 Å². The zero-order valence-electron chi connectivity index (χ0n) is 12.8. The highest BCUT2D eigenvalue weighted by atomic mass is 79.9. The smallest absolute Gasteiger partial charge is 0.239 e. The maximum Gasteiger partial charge on any atom is 0.239 e. The Kier molecular flexibility index (Phi) is 5.10. The lowest BCUT2D eigenvalue weighted by Crippen LogP contribution is -2.63. The summed E-state index contributed by atoms with van der Waals surface area (Å²) in [6.07, 6.45) is 7.96. The number of pyridine rings is 1. The van der Waals surface area contributed by atoms with Gasteiger partial charge in [-0.25, -0.2) is 4.98 Å². The number of anilines is 1. The number of nitrogens with one attached hydrogen (secondary N) is 2. The fraction of sp³-hybridized carbons (Fsp3) is 0.625. The molecule has 1 amide bonds. The van der Waals surface area contributed by atoms with Crippen LogP contribution < -0.4 is 10.6 Å². The molecule has 1 aromatic heterocycles. The van der Waals surface area contributed by atoms with Gasteiger partial charge in [0.2, 0.25) is 5.91 Å². The normalized spacial score (nSPS) is 21.7. The van der Waals surface area contributed by atoms with Gasteiger partial charge in [-0.3, -0.25) is 9.69 Å². The summed E-state index contributed by atoms with van der Waals surface area (Å²) < 4.78 is 0.911. The molecule has 0 radical (unpaired) electrons. The molecule has 0 aromatic carbocycles. The number of halogens is 1. The van der Waals surface area contributed by atoms with Crippen LogP contribution in [0.4, 0.5) is 5.82 Å². The van der Waals surface area contributed by atoms with Gasteiger partial charge in [0.1, 0.15) is 5.82 Å². The molecule has 6 heteroatoms. The highest BCUT2D eigenvalue weighted by Gasteiger charge is 2.40. The molecule has 1 saturated heterocycles. The predicted octanol–water partition coefficient (Wildman–Crippen LogP) is 2.39. The molecule has 22 heavy (non-hydrogen) atoms. The third-order valence-corrected chi connectivity index (χ3v) is 5.27. The van der Waals surface area contributed by atoms with Gasteiger partial charge < -0.3 is 10.6 Å². The molecule has 0 unspecified atom stereocenters. The monoisotopic (exact) mass is 366 g/mol. The van der Waals surface area contributed by atoms with Gasteiger partial charge in [-0.15, -0.1) is 0 Å². The average molecular weight is 367 g/mol. The van der Waals surface area contributed by atoms with Crippen molar-refractivity contribution < 1.29 is 4.79 Å². The van der Waals surface area contributed by atoms with Gasteiger partial charge in [0.25, 0.3) is 0 Å². The van der Waals surface area contributed by atoms with Crippen LogP contribution in [0.5, 0.6) is 0 Å². The Balaban J connectivity index is 1.62. The maximum atomic E-state index is 12.4. The SMILES string of the molecule is O=C(CN1CCNCC12CCCCC2)Nc1ccc(Br)cn1. The van der Waals surface area contributed by atoms with Crippen LogP contribution in [0.3, 0.4) is 0 Å². The van der Waals surface area contributed by atoms with E-state index < -0.39 is 0 Å². The van der Waals surface area contributed by atoms with Crippen molar-refractivity contribution in [2.75, 3.05) is 31.5 Å². The van der Waals surface area contributed by atoms with E-state index in [1.807, 2.05) is 12.1 Å². The summed E-state index contributed by atoms with van der Waals surface area (Å²) >= 11 is 3.35. The standard InChI is InChI=1S/C16H23BrN4O/c17-13-4-5-14(19-10-13)20-15(22)11-21-9-8-18-12-16(21)6-2-1-3-7-16/h4-5,10,18H,1-3,6-9,11-12H2,(H,19,20,22). The first kappa shape index (κ1) is 15.9. The van der Waals surface area contributed by atoms with Gasteiger partial charge in [-0.05, 0) is 40.9 Å². The summed E-state index contributed by atoms with van der Waals surface area (Å²) in [5, 5.41) is 6.42. The van der Waals surface area contributed by atoms with Crippen LogP contribution in [0.25, 0.3) is 0 Å². The van der Waals surface area contributed by atoms with E-state index in [0.29, 0.717) is 12.4 Å². The molecule has 1 saturated carbocycles. The Morgan fingerprint density at radius 1 is 1.36 bits per heavy atom. The Bertz CT molecular complexity index is 505. The van der Waals surface area contributed by atoms with Gasteiger partial charge in [0.05, 0.1) is 6.54 Å². The molecule has 3 rings (SSSR count). The third-order valence-electron chi connectivity index (χ3n) is 4.80. The Morgan fingerprint density at radius 2 is 2.18 bits per heavy atom. The topological polar surface area (TPSA) is 57.3 Å². The lowest BCUT2D eigenvalue weighted by Gasteiger charge is -2.49. The second-order valence-corrected chi connectivity index (χ2v) is 7.21. The number of carbonyl (C=O) groups is 1. The molecule has 1 aromatic rings. The predicted molar refractivity (Wildman–Crippen MR) is 90.8 cm³/mol. The fourth-order valence-corrected chi connectivity index (χ4v) is 3.87. The molecule has 1 spiro atoms. The van der Waals surface area contributed by atoms with Crippen LogP contribution in [0.2, 0.25) is 0 Å². The largest absolute Gasteiger partial charge is 0.314 e. The van der Waals surface area contributed by atoms with E-state index in [9.17, 15) is 4.79 Å². The number of carbonyl (C=O) groups excluding carboxylic acids is 1. The summed E-state index contributed by atoms with van der Waals surface area (Å²) in [4.78, 5) is 19.0. The zero-order chi connectivity index (χ0) is 15.4. The number of hydrogen-bond donors (Lipinski definition) is 2. The van der Waals surface area contributed by atoms with Crippen LogP contribution in [-0.4, -0.2) is 47.5 Å². The van der Waals surface area contributed by atoms with Gasteiger partial charge in [0, 0.05) is 35.8 Å². The first-order chi connectivity index (χ1) is 10.7. The average Bonchev–Trinajstić information content (AvgIpc) is 2.53. The molecule has 2 aliphatic rings. The van der Waals surface area contributed by atoms with Crippen molar-refractivity contribution in [1.82, 2.24) is 15.2 Å². The van der Waals surface area contributed by atoms with Crippen LogP contribution in [0.1, 0.15) is 32.1 Å². The van der Waals surface area contributed by atoms with E-state index in [2.05, 4.69) is 36.4 Å². The second-order valence-electron chi connectivity index (χ2n) is 6.29. The molecule has 5 nitrogen and oxygen atoms in total. The number of amides is 1. The van der Waals surface area contributed by atoms with Crippen molar-refractivity contribution >= 4 is 27.7 Å². The summed E-state index contributed by atoms with van der Waals surface area (Å²) in [5.74, 6) is 0.641. The quantitative estimate of drug-likeness (QED) is 0.862. The van der Waals surface area contributed by atoms with E-state index in [1.165, 1.54) is 32.1 Å². The minimum atomic E-state index is 0.0293. The summed E-state index contributed by atoms with van der Waals surface area (Å²) in [6, 6.07) is 3.70. The van der Waals surface area contributed by atoms with E-state index in [-0.39, 0.29) is 11.4 Å². The summed E-state index contributed by atoms with van der Waals surface area (Å²) in [5.41, 5.74) is 0.182. The fourth-order valence-electron chi connectivity index (χ4n) is 3.64. The maximum absolute atomic E-state index is 12.4. The van der Waals surface area contributed by atoms with Crippen molar-refractivity contribution in [1.29, 1.82) is 0 Å². The van der Waals surface area contributed by atoms with Crippen molar-refractivity contribution in [3.05, 3.63) is 22.8 Å². The molecule has 1 aliphatic heterocycles. The molecular formula is C16H23BrN4O. The lowest BCUT2D eigenvalue weighted by molar-refractivity contribution is -0.120. The van der Waals surface area contributed by atoms with Crippen molar-refractivity contribution in [3.8, 4) is 0 Å². The molecule has 2 heterocycles. The Labute approximate surface area is 140 Å². The number of nitrogens with zero attached hydrogens (tertiary/aromatic N) is 2. The number of hydrogen-bond acceptors (Lipinski definition) is 4. The molecule has 0 bridgehead atoms. The van der Waals surface area contributed by atoms with Crippen molar-refractivity contribution in [2.24, 2.45) is 0 Å². The lowest BCUT2D eigenvalue weighted by atomic mass is 9.79. The van der Waals surface area contributed by atoms with E-state index in [0.717, 1.165) is 24.1 Å². The van der Waals surface area contributed by atoms with Gasteiger partial charge in [0.15, 0.2) is 0 Å². The van der Waals surface area contributed by atoms with Crippen LogP contribution in [0, 0.1) is 0 Å². The molecule has 0 atom stereocenters. The minimum Gasteiger partial charge on any atom is -0.314 e. The van der Waals surface area contributed by atoms with Crippen LogP contribution in [-0.2, 0) is 4.79 Å². The van der Waals surface area contributed by atoms with Crippen LogP contribution in [0.15, 0.2) is 22.8 Å². The first-order valence-corrected chi connectivity index (χ1v) is 8.84. The molecular weight excluding hydrogens is 344 g/mol. The highest BCUT2D eigenvalue weighted by Crippen LogP contribution is 2.34. The summed E-state index contributed by atoms with van der Waals surface area (Å²) in [6.45, 7) is 3.38. The van der Waals surface area contributed by atoms with E-state index >= 15 is 0 Å². The van der Waals surface area contributed by atoms with Gasteiger partial charge in [-0.1, -0.05) is 19.3 Å². The van der Waals surface area contributed by atoms with Crippen molar-refractivity contribution in [3.63, 3.8) is 0 Å². The number of aromatic nitrogens is 1. The van der Waals surface area contributed by atoms with Gasteiger partial charge >= 0.3 is 0 Å². The Hall–Kier alpha value is -0.980. The minimum absolute atomic E-state index is 0.0293. The van der Waals surface area contributed by atoms with Crippen LogP contribution >= 0.6 is 15.9 Å². The molecule has 2 N–H and O–H groups in total. The highest BCUT2D eigenvalue weighted by molar-refractivity contribution is 9.10. The second kappa shape index (κ2) is 7.06. The first-order valence-electron chi connectivity index (χ1n) is 8.05. The molecule has 1 aliphatic carbocycles. The third kappa shape index (κ3) is 3.67.